The number of anilines is 1. The molecule has 3 heteroatoms. The predicted molar refractivity (Wildman–Crippen MR) is 54.4 cm³/mol. The average molecular weight is 183 g/mol. The highest BCUT2D eigenvalue weighted by atomic mass is 32.1. The van der Waals surface area contributed by atoms with Crippen LogP contribution in [0.1, 0.15) is 13.3 Å². The Kier molecular flexibility index (Phi) is 3.94. The molecule has 0 amide bonds. The maximum absolute atomic E-state index is 4.10. The van der Waals surface area contributed by atoms with Gasteiger partial charge in [-0.25, -0.2) is 4.57 Å². The summed E-state index contributed by atoms with van der Waals surface area (Å²) in [4.78, 5) is 0. The summed E-state index contributed by atoms with van der Waals surface area (Å²) in [5.74, 6) is 0.677. The van der Waals surface area contributed by atoms with E-state index in [0.29, 0.717) is 5.88 Å². The third-order valence-electron chi connectivity index (χ3n) is 1.62. The van der Waals surface area contributed by atoms with Crippen molar-refractivity contribution in [2.24, 2.45) is 0 Å². The Morgan fingerprint density at radius 2 is 2.42 bits per heavy atom. The van der Waals surface area contributed by atoms with E-state index in [2.05, 4.69) is 41.8 Å². The van der Waals surface area contributed by atoms with Crippen molar-refractivity contribution in [3.63, 3.8) is 0 Å². The fraction of sp³-hybridized carbons (Fsp3) is 0.444. The summed E-state index contributed by atoms with van der Waals surface area (Å²) in [5.41, 5.74) is 1.13. The molecule has 2 nitrogen and oxygen atoms in total. The lowest BCUT2D eigenvalue weighted by Gasteiger charge is -2.00. The number of aryl methyl sites for hydroxylation is 1. The molecular formula is C9H15N2S+. The fourth-order valence-corrected chi connectivity index (χ4v) is 1.30. The van der Waals surface area contributed by atoms with Crippen LogP contribution in [0.2, 0.25) is 0 Å². The van der Waals surface area contributed by atoms with Crippen LogP contribution in [0.25, 0.3) is 0 Å². The van der Waals surface area contributed by atoms with Crippen LogP contribution >= 0.6 is 12.6 Å². The number of rotatable bonds is 4. The molecule has 0 radical (unpaired) electrons. The summed E-state index contributed by atoms with van der Waals surface area (Å²) in [7, 11) is 0. The normalized spacial score (nSPS) is 9.83. The first-order valence-electron chi connectivity index (χ1n) is 4.20. The van der Waals surface area contributed by atoms with Gasteiger partial charge in [0.15, 0.2) is 12.4 Å². The van der Waals surface area contributed by atoms with Gasteiger partial charge in [-0.05, 0) is 6.07 Å². The van der Waals surface area contributed by atoms with Gasteiger partial charge in [-0.2, -0.15) is 12.6 Å². The van der Waals surface area contributed by atoms with E-state index in [9.17, 15) is 0 Å². The third-order valence-corrected chi connectivity index (χ3v) is 1.78. The molecule has 0 aliphatic carbocycles. The SMILES string of the molecule is CCC[n+]1cccc(NCS)c1. The van der Waals surface area contributed by atoms with Crippen molar-refractivity contribution in [2.75, 3.05) is 11.2 Å². The van der Waals surface area contributed by atoms with Crippen molar-refractivity contribution in [1.29, 1.82) is 0 Å². The monoisotopic (exact) mass is 183 g/mol. The fourth-order valence-electron chi connectivity index (χ4n) is 1.12. The summed E-state index contributed by atoms with van der Waals surface area (Å²) in [5, 5.41) is 3.15. The van der Waals surface area contributed by atoms with Crippen LogP contribution < -0.4 is 9.88 Å². The molecule has 1 aromatic rings. The van der Waals surface area contributed by atoms with E-state index in [1.54, 1.807) is 0 Å². The highest BCUT2D eigenvalue weighted by Gasteiger charge is 1.98. The molecule has 0 bridgehead atoms. The van der Waals surface area contributed by atoms with E-state index in [1.165, 1.54) is 0 Å². The lowest BCUT2D eigenvalue weighted by Crippen LogP contribution is -2.32. The van der Waals surface area contributed by atoms with Crippen LogP contribution in [0.5, 0.6) is 0 Å². The van der Waals surface area contributed by atoms with Crippen LogP contribution in [0, 0.1) is 0 Å². The molecule has 12 heavy (non-hydrogen) atoms. The summed E-state index contributed by atoms with van der Waals surface area (Å²) in [6.45, 7) is 3.24. The standard InChI is InChI=1S/C9H14N2S/c1-2-5-11-6-3-4-9(7-11)10-8-12/h3-4,6-7,10H,2,5,8H2,1H3/p+1. The molecule has 0 aliphatic rings. The van der Waals surface area contributed by atoms with Crippen molar-refractivity contribution in [3.8, 4) is 0 Å². The molecule has 0 spiro atoms. The van der Waals surface area contributed by atoms with E-state index in [-0.39, 0.29) is 0 Å². The van der Waals surface area contributed by atoms with E-state index < -0.39 is 0 Å². The molecule has 0 fully saturated rings. The minimum atomic E-state index is 0.677. The number of thiol groups is 1. The van der Waals surface area contributed by atoms with Crippen LogP contribution in [0.4, 0.5) is 5.69 Å². The second kappa shape index (κ2) is 5.04. The van der Waals surface area contributed by atoms with Gasteiger partial charge in [-0.15, -0.1) is 0 Å². The van der Waals surface area contributed by atoms with Gasteiger partial charge in [0.25, 0.3) is 0 Å². The number of hydrogen-bond donors (Lipinski definition) is 2. The maximum atomic E-state index is 4.10. The number of aromatic nitrogens is 1. The molecule has 1 rings (SSSR count). The van der Waals surface area contributed by atoms with Gasteiger partial charge in [0.2, 0.25) is 0 Å². The van der Waals surface area contributed by atoms with Crippen molar-refractivity contribution >= 4 is 18.3 Å². The number of nitrogens with zero attached hydrogens (tertiary/aromatic N) is 1. The lowest BCUT2D eigenvalue weighted by molar-refractivity contribution is -0.696. The molecule has 1 N–H and O–H groups in total. The predicted octanol–water partition coefficient (Wildman–Crippen LogP) is 1.68. The number of pyridine rings is 1. The summed E-state index contributed by atoms with van der Waals surface area (Å²) >= 11 is 4.10. The van der Waals surface area contributed by atoms with Crippen molar-refractivity contribution < 1.29 is 4.57 Å². The molecule has 0 atom stereocenters. The third kappa shape index (κ3) is 2.74. The number of hydrogen-bond acceptors (Lipinski definition) is 2. The van der Waals surface area contributed by atoms with E-state index in [1.807, 2.05) is 12.1 Å². The van der Waals surface area contributed by atoms with Crippen molar-refractivity contribution in [1.82, 2.24) is 0 Å². The second-order valence-corrected chi connectivity index (χ2v) is 2.98. The summed E-state index contributed by atoms with van der Waals surface area (Å²) in [6.07, 6.45) is 5.34. The molecule has 66 valence electrons. The first-order valence-corrected chi connectivity index (χ1v) is 4.84. The van der Waals surface area contributed by atoms with Gasteiger partial charge in [0.05, 0.1) is 11.6 Å². The Labute approximate surface area is 79.0 Å². The molecule has 1 heterocycles. The highest BCUT2D eigenvalue weighted by molar-refractivity contribution is 7.80. The van der Waals surface area contributed by atoms with Crippen LogP contribution in [-0.2, 0) is 6.54 Å². The van der Waals surface area contributed by atoms with Gasteiger partial charge in [-0.1, -0.05) is 6.92 Å². The van der Waals surface area contributed by atoms with E-state index in [4.69, 9.17) is 0 Å². The van der Waals surface area contributed by atoms with Gasteiger partial charge >= 0.3 is 0 Å². The van der Waals surface area contributed by atoms with Gasteiger partial charge in [0.1, 0.15) is 6.54 Å². The maximum Gasteiger partial charge on any atom is 0.192 e. The smallest absolute Gasteiger partial charge is 0.192 e. The first-order chi connectivity index (χ1) is 5.86. The Morgan fingerprint density at radius 1 is 1.58 bits per heavy atom. The number of nitrogens with one attached hydrogen (secondary N) is 1. The van der Waals surface area contributed by atoms with Gasteiger partial charge in [-0.3, -0.25) is 0 Å². The zero-order chi connectivity index (χ0) is 8.81. The summed E-state index contributed by atoms with van der Waals surface area (Å²) in [6, 6.07) is 4.09. The Balaban J connectivity index is 2.67. The van der Waals surface area contributed by atoms with E-state index >= 15 is 0 Å². The molecule has 0 aromatic carbocycles. The topological polar surface area (TPSA) is 15.9 Å². The first kappa shape index (κ1) is 9.39. The Bertz CT molecular complexity index is 216. The quantitative estimate of drug-likeness (QED) is 0.412. The average Bonchev–Trinajstić information content (AvgIpc) is 2.06. The molecular weight excluding hydrogens is 168 g/mol. The highest BCUT2D eigenvalue weighted by Crippen LogP contribution is 2.01. The lowest BCUT2D eigenvalue weighted by atomic mass is 10.4. The van der Waals surface area contributed by atoms with Crippen molar-refractivity contribution in [3.05, 3.63) is 24.5 Å². The molecule has 0 saturated heterocycles. The van der Waals surface area contributed by atoms with E-state index in [0.717, 1.165) is 18.7 Å². The largest absolute Gasteiger partial charge is 0.371 e. The molecule has 0 aliphatic heterocycles. The molecule has 1 aromatic heterocycles. The van der Waals surface area contributed by atoms with Crippen LogP contribution in [-0.4, -0.2) is 5.88 Å². The zero-order valence-electron chi connectivity index (χ0n) is 7.33. The molecule has 0 unspecified atom stereocenters. The minimum Gasteiger partial charge on any atom is -0.371 e. The van der Waals surface area contributed by atoms with Crippen molar-refractivity contribution in [2.45, 2.75) is 19.9 Å². The molecule has 0 saturated carbocycles. The second-order valence-electron chi connectivity index (χ2n) is 2.67. The van der Waals surface area contributed by atoms with Crippen LogP contribution in [0.3, 0.4) is 0 Å². The van der Waals surface area contributed by atoms with Gasteiger partial charge in [0, 0.05) is 12.5 Å². The minimum absolute atomic E-state index is 0.677. The zero-order valence-corrected chi connectivity index (χ0v) is 8.22. The van der Waals surface area contributed by atoms with Gasteiger partial charge < -0.3 is 5.32 Å². The van der Waals surface area contributed by atoms with Crippen LogP contribution in [0.15, 0.2) is 24.5 Å². The Hall–Kier alpha value is -0.700. The Morgan fingerprint density at radius 3 is 3.08 bits per heavy atom. The summed E-state index contributed by atoms with van der Waals surface area (Å²) < 4.78 is 2.17.